The van der Waals surface area contributed by atoms with E-state index < -0.39 is 13.3 Å². The van der Waals surface area contributed by atoms with Crippen molar-refractivity contribution in [1.82, 2.24) is 0 Å². The molecule has 0 amide bonds. The topological polar surface area (TPSA) is 80.3 Å². The number of rotatable bonds is 7. The van der Waals surface area contributed by atoms with Crippen LogP contribution >= 0.6 is 7.37 Å². The monoisotopic (exact) mass is 254 g/mol. The van der Waals surface area contributed by atoms with Crippen LogP contribution in [-0.2, 0) is 9.36 Å². The molecule has 0 aliphatic rings. The quantitative estimate of drug-likeness (QED) is 0.516. The molecule has 0 radical (unpaired) electrons. The third-order valence-electron chi connectivity index (χ3n) is 2.48. The first-order chi connectivity index (χ1) is 8.02. The molecule has 0 heterocycles. The number of hydrogen-bond donors (Lipinski definition) is 0. The summed E-state index contributed by atoms with van der Waals surface area (Å²) >= 11 is 0. The van der Waals surface area contributed by atoms with Gasteiger partial charge in [0.2, 0.25) is 0 Å². The Labute approximate surface area is 101 Å². The third kappa shape index (κ3) is 5.16. The first-order valence-electron chi connectivity index (χ1n) is 5.58. The summed E-state index contributed by atoms with van der Waals surface area (Å²) in [6.07, 6.45) is 1.63. The van der Waals surface area contributed by atoms with Crippen LogP contribution in [0.5, 0.6) is 0 Å². The van der Waals surface area contributed by atoms with Crippen molar-refractivity contribution in [2.75, 3.05) is 6.16 Å². The normalized spacial score (nSPS) is 14.2. The minimum absolute atomic E-state index is 0.00546. The van der Waals surface area contributed by atoms with Crippen LogP contribution in [0.4, 0.5) is 0 Å². The molecular weight excluding hydrogens is 239 g/mol. The summed E-state index contributed by atoms with van der Waals surface area (Å²) in [5.74, 6) is -1.08. The summed E-state index contributed by atoms with van der Waals surface area (Å²) < 4.78 is 11.8. The van der Waals surface area contributed by atoms with E-state index >= 15 is 0 Å². The van der Waals surface area contributed by atoms with Gasteiger partial charge in [0.05, 0.1) is 0 Å². The molecule has 1 unspecified atom stereocenters. The molecule has 1 atom stereocenters. The van der Waals surface area contributed by atoms with Crippen LogP contribution in [0, 0.1) is 0 Å². The molecule has 5 heteroatoms. The average molecular weight is 254 g/mol. The average Bonchev–Trinajstić information content (AvgIpc) is 2.29. The molecule has 0 aliphatic carbocycles. The molecule has 0 saturated carbocycles. The maximum absolute atomic E-state index is 11.8. The predicted octanol–water partition coefficient (Wildman–Crippen LogP) is 0.261. The Morgan fingerprint density at radius 1 is 1.12 bits per heavy atom. The first kappa shape index (κ1) is 13.9. The number of carboxylic acids is 1. The SMILES string of the molecule is O=C([O-])CCCCCP(=O)([O-])c1ccccc1. The Balaban J connectivity index is 2.36. The van der Waals surface area contributed by atoms with Gasteiger partial charge < -0.3 is 19.4 Å². The molecule has 0 N–H and O–H groups in total. The van der Waals surface area contributed by atoms with E-state index in [1.807, 2.05) is 0 Å². The molecule has 4 nitrogen and oxygen atoms in total. The van der Waals surface area contributed by atoms with Crippen molar-refractivity contribution in [2.24, 2.45) is 0 Å². The highest BCUT2D eigenvalue weighted by molar-refractivity contribution is 7.64. The lowest BCUT2D eigenvalue weighted by atomic mass is 10.2. The summed E-state index contributed by atoms with van der Waals surface area (Å²) in [6.45, 7) is 0. The molecule has 0 bridgehead atoms. The van der Waals surface area contributed by atoms with E-state index in [4.69, 9.17) is 0 Å². The van der Waals surface area contributed by atoms with Gasteiger partial charge in [-0.2, -0.15) is 0 Å². The van der Waals surface area contributed by atoms with Gasteiger partial charge >= 0.3 is 0 Å². The van der Waals surface area contributed by atoms with Crippen LogP contribution in [0.2, 0.25) is 0 Å². The van der Waals surface area contributed by atoms with Crippen LogP contribution in [0.1, 0.15) is 25.7 Å². The number of unbranched alkanes of at least 4 members (excludes halogenated alkanes) is 2. The Morgan fingerprint density at radius 3 is 2.35 bits per heavy atom. The molecule has 1 aromatic carbocycles. The molecule has 94 valence electrons. The van der Waals surface area contributed by atoms with Crippen molar-refractivity contribution in [3.8, 4) is 0 Å². The van der Waals surface area contributed by atoms with Crippen molar-refractivity contribution in [3.63, 3.8) is 0 Å². The largest absolute Gasteiger partial charge is 0.796 e. The van der Waals surface area contributed by atoms with Crippen molar-refractivity contribution >= 4 is 18.6 Å². The summed E-state index contributed by atoms with van der Waals surface area (Å²) in [5, 5.41) is 10.5. The minimum atomic E-state index is -3.52. The lowest BCUT2D eigenvalue weighted by Gasteiger charge is -2.23. The Bertz CT molecular complexity index is 402. The Kier molecular flexibility index (Phi) is 5.39. The number of carbonyl (C=O) groups excluding carboxylic acids is 1. The first-order valence-corrected chi connectivity index (χ1v) is 7.39. The molecular formula is C12H15O4P-2. The Morgan fingerprint density at radius 2 is 1.76 bits per heavy atom. The second kappa shape index (κ2) is 6.58. The second-order valence-electron chi connectivity index (χ2n) is 3.92. The molecule has 1 aromatic rings. The van der Waals surface area contributed by atoms with Gasteiger partial charge in [0, 0.05) is 13.3 Å². The zero-order valence-corrected chi connectivity index (χ0v) is 10.4. The minimum Gasteiger partial charge on any atom is -0.796 e. The maximum Gasteiger partial charge on any atom is 0.0433 e. The maximum atomic E-state index is 11.8. The van der Waals surface area contributed by atoms with Gasteiger partial charge in [0.25, 0.3) is 0 Å². The number of benzene rings is 1. The van der Waals surface area contributed by atoms with Gasteiger partial charge in [-0.1, -0.05) is 36.8 Å². The summed E-state index contributed by atoms with van der Waals surface area (Å²) in [4.78, 5) is 22.0. The van der Waals surface area contributed by atoms with E-state index in [-0.39, 0.29) is 12.6 Å². The zero-order chi connectivity index (χ0) is 12.7. The van der Waals surface area contributed by atoms with Crippen LogP contribution in [0.3, 0.4) is 0 Å². The number of carboxylic acid groups (broad SMARTS) is 1. The van der Waals surface area contributed by atoms with Crippen molar-refractivity contribution in [2.45, 2.75) is 25.7 Å². The second-order valence-corrected chi connectivity index (χ2v) is 6.23. The lowest BCUT2D eigenvalue weighted by Crippen LogP contribution is -2.21. The number of hydrogen-bond acceptors (Lipinski definition) is 4. The summed E-state index contributed by atoms with van der Waals surface area (Å²) in [6, 6.07) is 8.30. The molecule has 0 fully saturated rings. The summed E-state index contributed by atoms with van der Waals surface area (Å²) in [7, 11) is -3.52. The standard InChI is InChI=1S/C12H17O4P/c13-12(14)9-5-2-6-10-17(15,16)11-7-3-1-4-8-11/h1,3-4,7-8H,2,5-6,9-10H2,(H,13,14)(H,15,16)/p-2. The zero-order valence-electron chi connectivity index (χ0n) is 9.50. The predicted molar refractivity (Wildman–Crippen MR) is 62.0 cm³/mol. The van der Waals surface area contributed by atoms with E-state index in [0.717, 1.165) is 0 Å². The van der Waals surface area contributed by atoms with Crippen LogP contribution < -0.4 is 15.3 Å². The van der Waals surface area contributed by atoms with Crippen LogP contribution in [-0.4, -0.2) is 12.1 Å². The van der Waals surface area contributed by atoms with E-state index in [1.165, 1.54) is 0 Å². The van der Waals surface area contributed by atoms with Crippen molar-refractivity contribution in [3.05, 3.63) is 30.3 Å². The highest BCUT2D eigenvalue weighted by Gasteiger charge is 2.09. The van der Waals surface area contributed by atoms with Crippen molar-refractivity contribution in [1.29, 1.82) is 0 Å². The van der Waals surface area contributed by atoms with Gasteiger partial charge in [-0.3, -0.25) is 0 Å². The lowest BCUT2D eigenvalue weighted by molar-refractivity contribution is -0.305. The van der Waals surface area contributed by atoms with Crippen molar-refractivity contribution < 1.29 is 19.4 Å². The van der Waals surface area contributed by atoms with Gasteiger partial charge in [-0.25, -0.2) is 0 Å². The van der Waals surface area contributed by atoms with E-state index in [9.17, 15) is 19.4 Å². The van der Waals surface area contributed by atoms with Gasteiger partial charge in [-0.05, 0) is 30.7 Å². The number of carbonyl (C=O) groups is 1. The smallest absolute Gasteiger partial charge is 0.0433 e. The number of aliphatic carboxylic acids is 1. The van der Waals surface area contributed by atoms with Crippen LogP contribution in [0.25, 0.3) is 0 Å². The Hall–Kier alpha value is -1.12. The molecule has 0 saturated heterocycles. The van der Waals surface area contributed by atoms with Gasteiger partial charge in [0.1, 0.15) is 0 Å². The van der Waals surface area contributed by atoms with E-state index in [1.54, 1.807) is 30.3 Å². The highest BCUT2D eigenvalue weighted by atomic mass is 31.2. The fourth-order valence-corrected chi connectivity index (χ4v) is 3.07. The van der Waals surface area contributed by atoms with E-state index in [0.29, 0.717) is 24.6 Å². The molecule has 0 aliphatic heterocycles. The molecule has 0 spiro atoms. The fourth-order valence-electron chi connectivity index (χ4n) is 1.55. The highest BCUT2D eigenvalue weighted by Crippen LogP contribution is 2.35. The fraction of sp³-hybridized carbons (Fsp3) is 0.417. The third-order valence-corrected chi connectivity index (χ3v) is 4.47. The van der Waals surface area contributed by atoms with E-state index in [2.05, 4.69) is 0 Å². The molecule has 1 rings (SSSR count). The van der Waals surface area contributed by atoms with Gasteiger partial charge in [-0.15, -0.1) is 0 Å². The van der Waals surface area contributed by atoms with Crippen LogP contribution in [0.15, 0.2) is 30.3 Å². The molecule has 0 aromatic heterocycles. The summed E-state index contributed by atoms with van der Waals surface area (Å²) in [5.41, 5.74) is 0. The molecule has 17 heavy (non-hydrogen) atoms. The van der Waals surface area contributed by atoms with Gasteiger partial charge in [0.15, 0.2) is 0 Å².